The molecule has 1 aliphatic heterocycles. The second-order valence-corrected chi connectivity index (χ2v) is 4.04. The van der Waals surface area contributed by atoms with Crippen molar-refractivity contribution in [3.05, 3.63) is 23.5 Å². The molecule has 2 heterocycles. The average molecular weight is 191 g/mol. The van der Waals surface area contributed by atoms with Crippen LogP contribution in [0.25, 0.3) is 6.08 Å². The van der Waals surface area contributed by atoms with E-state index >= 15 is 0 Å². The molecule has 0 radical (unpaired) electrons. The van der Waals surface area contributed by atoms with Crippen LogP contribution in [0.5, 0.6) is 0 Å². The smallest absolute Gasteiger partial charge is 0.0851 e. The highest BCUT2D eigenvalue weighted by molar-refractivity contribution is 5.49. The van der Waals surface area contributed by atoms with E-state index in [0.717, 1.165) is 25.2 Å². The summed E-state index contributed by atoms with van der Waals surface area (Å²) in [5.41, 5.74) is 2.54. The zero-order valence-corrected chi connectivity index (χ0v) is 8.83. The van der Waals surface area contributed by atoms with Crippen molar-refractivity contribution in [1.82, 2.24) is 15.1 Å². The maximum atomic E-state index is 4.49. The molecule has 1 aliphatic rings. The van der Waals surface area contributed by atoms with Gasteiger partial charge in [-0.2, -0.15) is 5.10 Å². The molecule has 0 bridgehead atoms. The van der Waals surface area contributed by atoms with Gasteiger partial charge in [-0.3, -0.25) is 4.68 Å². The van der Waals surface area contributed by atoms with Crippen LogP contribution in [0.3, 0.4) is 0 Å². The molecule has 0 aromatic carbocycles. The molecule has 0 atom stereocenters. The van der Waals surface area contributed by atoms with Gasteiger partial charge in [0.2, 0.25) is 0 Å². The van der Waals surface area contributed by atoms with E-state index in [0.29, 0.717) is 6.04 Å². The molecule has 3 heteroatoms. The Morgan fingerprint density at radius 2 is 2.43 bits per heavy atom. The number of hydrogen-bond acceptors (Lipinski definition) is 2. The fourth-order valence-electron chi connectivity index (χ4n) is 1.64. The number of nitrogens with zero attached hydrogens (tertiary/aromatic N) is 2. The summed E-state index contributed by atoms with van der Waals surface area (Å²) in [7, 11) is 0. The third-order valence-corrected chi connectivity index (χ3v) is 2.49. The van der Waals surface area contributed by atoms with Gasteiger partial charge in [-0.05, 0) is 39.0 Å². The topological polar surface area (TPSA) is 29.9 Å². The summed E-state index contributed by atoms with van der Waals surface area (Å²) in [6.07, 6.45) is 5.40. The summed E-state index contributed by atoms with van der Waals surface area (Å²) in [5.74, 6) is 0. The molecule has 0 spiro atoms. The molecule has 3 nitrogen and oxygen atoms in total. The Morgan fingerprint density at radius 1 is 1.57 bits per heavy atom. The maximum Gasteiger partial charge on any atom is 0.0851 e. The van der Waals surface area contributed by atoms with E-state index in [1.165, 1.54) is 5.57 Å². The maximum absolute atomic E-state index is 4.49. The van der Waals surface area contributed by atoms with Gasteiger partial charge in [0.25, 0.3) is 0 Å². The predicted octanol–water partition coefficient (Wildman–Crippen LogP) is 1.84. The Bertz CT molecular complexity index is 328. The first-order chi connectivity index (χ1) is 6.75. The molecular weight excluding hydrogens is 174 g/mol. The average Bonchev–Trinajstić information content (AvgIpc) is 2.75. The summed E-state index contributed by atoms with van der Waals surface area (Å²) in [5, 5.41) is 7.81. The van der Waals surface area contributed by atoms with Crippen LogP contribution in [-0.2, 0) is 0 Å². The van der Waals surface area contributed by atoms with Gasteiger partial charge < -0.3 is 5.32 Å². The van der Waals surface area contributed by atoms with Gasteiger partial charge in [0, 0.05) is 18.8 Å². The lowest BCUT2D eigenvalue weighted by atomic mass is 10.2. The first-order valence-corrected chi connectivity index (χ1v) is 5.21. The van der Waals surface area contributed by atoms with Crippen LogP contribution in [0.2, 0.25) is 0 Å². The van der Waals surface area contributed by atoms with Gasteiger partial charge in [0.1, 0.15) is 0 Å². The Morgan fingerprint density at radius 3 is 3.00 bits per heavy atom. The second kappa shape index (κ2) is 3.96. The second-order valence-electron chi connectivity index (χ2n) is 4.04. The predicted molar refractivity (Wildman–Crippen MR) is 58.1 cm³/mol. The lowest BCUT2D eigenvalue weighted by Gasteiger charge is -2.02. The Hall–Kier alpha value is -1.09. The molecule has 0 unspecified atom stereocenters. The fourth-order valence-corrected chi connectivity index (χ4v) is 1.64. The van der Waals surface area contributed by atoms with Crippen molar-refractivity contribution in [2.45, 2.75) is 26.3 Å². The van der Waals surface area contributed by atoms with Crippen LogP contribution in [0.15, 0.2) is 17.8 Å². The number of rotatable bonds is 2. The van der Waals surface area contributed by atoms with Crippen molar-refractivity contribution < 1.29 is 0 Å². The van der Waals surface area contributed by atoms with Crippen LogP contribution in [0.1, 0.15) is 32.0 Å². The molecule has 1 aromatic rings. The fraction of sp³-hybridized carbons (Fsp3) is 0.545. The number of hydrogen-bond donors (Lipinski definition) is 1. The minimum atomic E-state index is 0.448. The Balaban J connectivity index is 2.12. The van der Waals surface area contributed by atoms with Crippen LogP contribution in [-0.4, -0.2) is 22.9 Å². The van der Waals surface area contributed by atoms with E-state index in [9.17, 15) is 0 Å². The first-order valence-electron chi connectivity index (χ1n) is 5.21. The van der Waals surface area contributed by atoms with Crippen molar-refractivity contribution >= 4 is 6.08 Å². The van der Waals surface area contributed by atoms with E-state index in [1.54, 1.807) is 0 Å². The quantitative estimate of drug-likeness (QED) is 0.773. The first kappa shape index (κ1) is 9.46. The van der Waals surface area contributed by atoms with Crippen LogP contribution in [0.4, 0.5) is 0 Å². The molecular formula is C11H17N3. The van der Waals surface area contributed by atoms with E-state index in [1.807, 2.05) is 10.9 Å². The Labute approximate surface area is 84.8 Å². The number of aromatic nitrogens is 2. The molecule has 1 saturated heterocycles. The lowest BCUT2D eigenvalue weighted by Crippen LogP contribution is -2.04. The van der Waals surface area contributed by atoms with Gasteiger partial charge in [-0.1, -0.05) is 5.57 Å². The van der Waals surface area contributed by atoms with Gasteiger partial charge in [-0.15, -0.1) is 0 Å². The lowest BCUT2D eigenvalue weighted by molar-refractivity contribution is 0.531. The van der Waals surface area contributed by atoms with Gasteiger partial charge in [-0.25, -0.2) is 0 Å². The Kier molecular flexibility index (Phi) is 2.68. The van der Waals surface area contributed by atoms with Crippen molar-refractivity contribution in [2.75, 3.05) is 13.1 Å². The van der Waals surface area contributed by atoms with Crippen molar-refractivity contribution in [3.8, 4) is 0 Å². The van der Waals surface area contributed by atoms with Crippen LogP contribution in [0, 0.1) is 0 Å². The van der Waals surface area contributed by atoms with Gasteiger partial charge >= 0.3 is 0 Å². The SMILES string of the molecule is CC(C)n1ccc(C=C2CCNC2)n1. The van der Waals surface area contributed by atoms with Crippen molar-refractivity contribution in [3.63, 3.8) is 0 Å². The minimum Gasteiger partial charge on any atom is -0.313 e. The number of nitrogens with one attached hydrogen (secondary N) is 1. The van der Waals surface area contributed by atoms with E-state index in [-0.39, 0.29) is 0 Å². The minimum absolute atomic E-state index is 0.448. The van der Waals surface area contributed by atoms with Crippen molar-refractivity contribution in [1.29, 1.82) is 0 Å². The summed E-state index contributed by atoms with van der Waals surface area (Å²) in [4.78, 5) is 0. The monoisotopic (exact) mass is 191 g/mol. The molecule has 14 heavy (non-hydrogen) atoms. The molecule has 0 saturated carbocycles. The van der Waals surface area contributed by atoms with Crippen LogP contribution < -0.4 is 5.32 Å². The molecule has 2 rings (SSSR count). The zero-order chi connectivity index (χ0) is 9.97. The highest BCUT2D eigenvalue weighted by Crippen LogP contribution is 2.12. The largest absolute Gasteiger partial charge is 0.313 e. The molecule has 0 amide bonds. The van der Waals surface area contributed by atoms with E-state index in [4.69, 9.17) is 0 Å². The highest BCUT2D eigenvalue weighted by atomic mass is 15.3. The highest BCUT2D eigenvalue weighted by Gasteiger charge is 2.06. The molecule has 0 aliphatic carbocycles. The van der Waals surface area contributed by atoms with Gasteiger partial charge in [0.05, 0.1) is 5.69 Å². The van der Waals surface area contributed by atoms with E-state index < -0.39 is 0 Å². The van der Waals surface area contributed by atoms with E-state index in [2.05, 4.69) is 36.4 Å². The summed E-state index contributed by atoms with van der Waals surface area (Å²) < 4.78 is 1.99. The third kappa shape index (κ3) is 2.04. The van der Waals surface area contributed by atoms with Crippen molar-refractivity contribution in [2.24, 2.45) is 0 Å². The molecule has 1 aromatic heterocycles. The standard InChI is InChI=1S/C11H17N3/c1-9(2)14-6-4-11(13-14)7-10-3-5-12-8-10/h4,6-7,9,12H,3,5,8H2,1-2H3. The summed E-state index contributed by atoms with van der Waals surface area (Å²) in [6, 6.07) is 2.52. The van der Waals surface area contributed by atoms with Gasteiger partial charge in [0.15, 0.2) is 0 Å². The summed E-state index contributed by atoms with van der Waals surface area (Å²) >= 11 is 0. The summed E-state index contributed by atoms with van der Waals surface area (Å²) in [6.45, 7) is 6.41. The van der Waals surface area contributed by atoms with Crippen LogP contribution >= 0.6 is 0 Å². The zero-order valence-electron chi connectivity index (χ0n) is 8.83. The molecule has 1 N–H and O–H groups in total. The molecule has 76 valence electrons. The normalized spacial score (nSPS) is 19.8. The third-order valence-electron chi connectivity index (χ3n) is 2.49. The molecule has 1 fully saturated rings.